The number of amides is 1. The lowest BCUT2D eigenvalue weighted by Gasteiger charge is -2.17. The first-order chi connectivity index (χ1) is 20.5. The average molecular weight is 649 g/mol. The molecule has 0 spiro atoms. The Morgan fingerprint density at radius 1 is 0.952 bits per heavy atom. The molecule has 0 fully saturated rings. The number of halogens is 1. The molecule has 5 aromatic rings. The maximum Gasteiger partial charge on any atom is 0.222 e. The molecule has 0 saturated carbocycles. The molecule has 3 aromatic carbocycles. The van der Waals surface area contributed by atoms with E-state index in [1.165, 1.54) is 5.56 Å². The first-order valence-corrected chi connectivity index (χ1v) is 15.7. The summed E-state index contributed by atoms with van der Waals surface area (Å²) in [5.74, 6) is 2.37. The van der Waals surface area contributed by atoms with Crippen LogP contribution in [-0.4, -0.2) is 64.1 Å². The second-order valence-corrected chi connectivity index (χ2v) is 12.0. The van der Waals surface area contributed by atoms with Crippen LogP contribution in [0, 0.1) is 0 Å². The Hall–Kier alpha value is -3.63. The number of likely N-dealkylation sites (N-methyl/N-ethyl adjacent to an activating group) is 1. The number of benzene rings is 3. The molecule has 2 aromatic heterocycles. The number of hydrogen-bond donors (Lipinski definition) is 0. The molecule has 0 aliphatic carbocycles. The quantitative estimate of drug-likeness (QED) is 0.103. The summed E-state index contributed by atoms with van der Waals surface area (Å²) in [6.07, 6.45) is 2.97. The first-order valence-electron chi connectivity index (χ1n) is 13.9. The summed E-state index contributed by atoms with van der Waals surface area (Å²) in [4.78, 5) is 19.4. The number of thioether (sulfide) groups is 1. The SMILES string of the molecule is COc1ccc(CCN(C)C(=O)CCCCSc2nnc3c4ccccc4n(Cc4ccc(Br)cc4)c3n2)cc1OC. The van der Waals surface area contributed by atoms with Gasteiger partial charge in [-0.05, 0) is 60.7 Å². The van der Waals surface area contributed by atoms with Crippen LogP contribution in [0.15, 0.2) is 76.4 Å². The van der Waals surface area contributed by atoms with Crippen molar-refractivity contribution in [2.24, 2.45) is 0 Å². The summed E-state index contributed by atoms with van der Waals surface area (Å²) in [6, 6.07) is 22.4. The average Bonchev–Trinajstić information content (AvgIpc) is 3.32. The fraction of sp³-hybridized carbons (Fsp3) is 0.312. The van der Waals surface area contributed by atoms with Crippen molar-refractivity contribution in [3.63, 3.8) is 0 Å². The molecule has 0 N–H and O–H groups in total. The fourth-order valence-corrected chi connectivity index (χ4v) is 5.92. The Balaban J connectivity index is 1.14. The van der Waals surface area contributed by atoms with Crippen LogP contribution in [-0.2, 0) is 17.8 Å². The summed E-state index contributed by atoms with van der Waals surface area (Å²) in [5.41, 5.74) is 5.03. The molecular formula is C32H34BrN5O3S. The monoisotopic (exact) mass is 647 g/mol. The van der Waals surface area contributed by atoms with Gasteiger partial charge in [-0.2, -0.15) is 0 Å². The Kier molecular flexibility index (Phi) is 9.97. The minimum Gasteiger partial charge on any atom is -0.493 e. The van der Waals surface area contributed by atoms with Crippen LogP contribution in [0.3, 0.4) is 0 Å². The number of rotatable bonds is 13. The van der Waals surface area contributed by atoms with Gasteiger partial charge in [0, 0.05) is 42.2 Å². The highest BCUT2D eigenvalue weighted by Crippen LogP contribution is 2.29. The number of carbonyl (C=O) groups is 1. The second-order valence-electron chi connectivity index (χ2n) is 10.1. The van der Waals surface area contributed by atoms with Crippen LogP contribution in [0.25, 0.3) is 22.1 Å². The van der Waals surface area contributed by atoms with Gasteiger partial charge < -0.3 is 18.9 Å². The molecule has 0 aliphatic heterocycles. The van der Waals surface area contributed by atoms with Crippen molar-refractivity contribution < 1.29 is 14.3 Å². The summed E-state index contributed by atoms with van der Waals surface area (Å²) in [5, 5.41) is 10.7. The molecule has 0 saturated heterocycles. The number of aromatic nitrogens is 4. The molecule has 10 heteroatoms. The van der Waals surface area contributed by atoms with Gasteiger partial charge >= 0.3 is 0 Å². The van der Waals surface area contributed by atoms with E-state index in [1.54, 1.807) is 30.9 Å². The van der Waals surface area contributed by atoms with Gasteiger partial charge in [0.1, 0.15) is 5.52 Å². The van der Waals surface area contributed by atoms with Gasteiger partial charge in [0.05, 0.1) is 19.7 Å². The number of methoxy groups -OCH3 is 2. The number of carbonyl (C=O) groups excluding carboxylic acids is 1. The summed E-state index contributed by atoms with van der Waals surface area (Å²) < 4.78 is 14.0. The number of hydrogen-bond acceptors (Lipinski definition) is 7. The van der Waals surface area contributed by atoms with Gasteiger partial charge in [-0.1, -0.05) is 64.1 Å². The summed E-state index contributed by atoms with van der Waals surface area (Å²) in [7, 11) is 5.11. The maximum atomic E-state index is 12.7. The normalized spacial score (nSPS) is 11.2. The van der Waals surface area contributed by atoms with Crippen LogP contribution in [0.1, 0.15) is 30.4 Å². The number of ether oxygens (including phenoxy) is 2. The van der Waals surface area contributed by atoms with E-state index in [0.29, 0.717) is 36.2 Å². The van der Waals surface area contributed by atoms with Gasteiger partial charge in [0.25, 0.3) is 0 Å². The lowest BCUT2D eigenvalue weighted by atomic mass is 10.1. The first kappa shape index (κ1) is 29.8. The van der Waals surface area contributed by atoms with Crippen molar-refractivity contribution in [2.45, 2.75) is 37.4 Å². The van der Waals surface area contributed by atoms with Gasteiger partial charge in [-0.25, -0.2) is 4.98 Å². The van der Waals surface area contributed by atoms with E-state index in [2.05, 4.69) is 67.1 Å². The van der Waals surface area contributed by atoms with Gasteiger partial charge in [-0.3, -0.25) is 4.79 Å². The Morgan fingerprint density at radius 2 is 1.71 bits per heavy atom. The highest BCUT2D eigenvalue weighted by molar-refractivity contribution is 9.10. The molecule has 42 heavy (non-hydrogen) atoms. The van der Waals surface area contributed by atoms with E-state index in [9.17, 15) is 4.79 Å². The van der Waals surface area contributed by atoms with E-state index in [0.717, 1.165) is 57.1 Å². The zero-order valence-electron chi connectivity index (χ0n) is 24.0. The Labute approximate surface area is 258 Å². The minimum atomic E-state index is 0.150. The molecule has 218 valence electrons. The molecule has 0 radical (unpaired) electrons. The lowest BCUT2D eigenvalue weighted by molar-refractivity contribution is -0.129. The highest BCUT2D eigenvalue weighted by atomic mass is 79.9. The van der Waals surface area contributed by atoms with Crippen molar-refractivity contribution in [2.75, 3.05) is 33.6 Å². The smallest absolute Gasteiger partial charge is 0.222 e. The summed E-state index contributed by atoms with van der Waals surface area (Å²) in [6.45, 7) is 1.35. The second kappa shape index (κ2) is 14.0. The molecule has 1 amide bonds. The predicted octanol–water partition coefficient (Wildman–Crippen LogP) is 6.77. The number of nitrogens with zero attached hydrogens (tertiary/aromatic N) is 5. The highest BCUT2D eigenvalue weighted by Gasteiger charge is 2.16. The Bertz CT molecular complexity index is 1670. The zero-order chi connectivity index (χ0) is 29.5. The van der Waals surface area contributed by atoms with E-state index in [1.807, 2.05) is 37.4 Å². The number of fused-ring (bicyclic) bond motifs is 3. The largest absolute Gasteiger partial charge is 0.493 e. The van der Waals surface area contributed by atoms with E-state index < -0.39 is 0 Å². The predicted molar refractivity (Wildman–Crippen MR) is 172 cm³/mol. The zero-order valence-corrected chi connectivity index (χ0v) is 26.5. The lowest BCUT2D eigenvalue weighted by Crippen LogP contribution is -2.28. The van der Waals surface area contributed by atoms with Crippen molar-refractivity contribution in [1.29, 1.82) is 0 Å². The van der Waals surface area contributed by atoms with E-state index >= 15 is 0 Å². The van der Waals surface area contributed by atoms with Crippen LogP contribution in [0.2, 0.25) is 0 Å². The van der Waals surface area contributed by atoms with E-state index in [4.69, 9.17) is 14.5 Å². The third-order valence-corrected chi connectivity index (χ3v) is 8.69. The molecule has 8 nitrogen and oxygen atoms in total. The summed E-state index contributed by atoms with van der Waals surface area (Å²) >= 11 is 5.10. The van der Waals surface area contributed by atoms with Crippen molar-refractivity contribution >= 4 is 55.7 Å². The van der Waals surface area contributed by atoms with E-state index in [-0.39, 0.29) is 5.91 Å². The Morgan fingerprint density at radius 3 is 2.50 bits per heavy atom. The molecular weight excluding hydrogens is 614 g/mol. The molecule has 0 unspecified atom stereocenters. The standard InChI is InChI=1S/C32H34BrN5O3S/c1-37(18-17-22-13-16-27(40-2)28(20-22)41-3)29(39)10-6-7-19-42-32-34-31-30(35-36-32)25-8-4-5-9-26(25)38(31)21-23-11-14-24(33)15-12-23/h4-5,8-9,11-16,20H,6-7,10,17-19,21H2,1-3H3. The van der Waals surface area contributed by atoms with Gasteiger partial charge in [0.15, 0.2) is 17.1 Å². The third kappa shape index (κ3) is 7.04. The van der Waals surface area contributed by atoms with Gasteiger partial charge in [0.2, 0.25) is 11.1 Å². The van der Waals surface area contributed by atoms with Crippen LogP contribution >= 0.6 is 27.7 Å². The minimum absolute atomic E-state index is 0.150. The topological polar surface area (TPSA) is 82.4 Å². The molecule has 0 aliphatic rings. The van der Waals surface area contributed by atoms with Crippen LogP contribution in [0.4, 0.5) is 0 Å². The van der Waals surface area contributed by atoms with Crippen molar-refractivity contribution in [3.05, 3.63) is 82.3 Å². The van der Waals surface area contributed by atoms with Gasteiger partial charge in [-0.15, -0.1) is 10.2 Å². The van der Waals surface area contributed by atoms with Crippen LogP contribution in [0.5, 0.6) is 11.5 Å². The maximum absolute atomic E-state index is 12.7. The molecule has 5 rings (SSSR count). The van der Waals surface area contributed by atoms with Crippen molar-refractivity contribution in [1.82, 2.24) is 24.6 Å². The fourth-order valence-electron chi connectivity index (χ4n) is 4.87. The van der Waals surface area contributed by atoms with Crippen LogP contribution < -0.4 is 9.47 Å². The number of unbranched alkanes of at least 4 members (excludes halogenated alkanes) is 1. The third-order valence-electron chi connectivity index (χ3n) is 7.23. The number of para-hydroxylation sites is 1. The molecule has 0 bridgehead atoms. The van der Waals surface area contributed by atoms with Crippen molar-refractivity contribution in [3.8, 4) is 11.5 Å². The molecule has 2 heterocycles. The molecule has 0 atom stereocenters.